The van der Waals surface area contributed by atoms with E-state index < -0.39 is 0 Å². The molecule has 0 radical (unpaired) electrons. The fourth-order valence-corrected chi connectivity index (χ4v) is 3.09. The summed E-state index contributed by atoms with van der Waals surface area (Å²) >= 11 is 0. The molecule has 2 N–H and O–H groups in total. The SMILES string of the molecule is CCCC.CCCCCCCCc1ccccc1.CCCCCc1ccc(C)cc1.CCN. The maximum Gasteiger partial charge on any atom is -0.0106 e. The summed E-state index contributed by atoms with van der Waals surface area (Å²) < 4.78 is 0. The molecule has 0 saturated carbocycles. The molecule has 0 spiro atoms. The summed E-state index contributed by atoms with van der Waals surface area (Å²) in [4.78, 5) is 0. The first kappa shape index (κ1) is 33.6. The van der Waals surface area contributed by atoms with E-state index in [-0.39, 0.29) is 0 Å². The maximum absolute atomic E-state index is 4.85. The van der Waals surface area contributed by atoms with Gasteiger partial charge in [0.15, 0.2) is 0 Å². The van der Waals surface area contributed by atoms with Crippen LogP contribution in [0.3, 0.4) is 0 Å². The van der Waals surface area contributed by atoms with Crippen LogP contribution >= 0.6 is 0 Å². The number of hydrogen-bond acceptors (Lipinski definition) is 1. The van der Waals surface area contributed by atoms with Gasteiger partial charge in [-0.2, -0.15) is 0 Å². The maximum atomic E-state index is 4.85. The Bertz CT molecular complexity index is 571. The zero-order valence-electron chi connectivity index (χ0n) is 23.2. The van der Waals surface area contributed by atoms with Crippen LogP contribution in [0.1, 0.15) is 122 Å². The van der Waals surface area contributed by atoms with Crippen molar-refractivity contribution in [1.29, 1.82) is 0 Å². The predicted octanol–water partition coefficient (Wildman–Crippen LogP) is 10.1. The van der Waals surface area contributed by atoms with Crippen LogP contribution in [-0.4, -0.2) is 6.54 Å². The molecular weight excluding hydrogens is 398 g/mol. The van der Waals surface area contributed by atoms with Crippen molar-refractivity contribution in [1.82, 2.24) is 0 Å². The average molecular weight is 456 g/mol. The van der Waals surface area contributed by atoms with Crippen molar-refractivity contribution in [2.45, 2.75) is 125 Å². The van der Waals surface area contributed by atoms with Crippen molar-refractivity contribution in [3.05, 3.63) is 71.3 Å². The van der Waals surface area contributed by atoms with E-state index in [0.29, 0.717) is 0 Å². The molecule has 190 valence electrons. The second-order valence-corrected chi connectivity index (χ2v) is 8.85. The van der Waals surface area contributed by atoms with Crippen molar-refractivity contribution in [2.75, 3.05) is 6.54 Å². The lowest BCUT2D eigenvalue weighted by Crippen LogP contribution is -1.87. The standard InChI is InChI=1S/C14H22.C12H18.C4H10.C2H7N/c1-2-3-4-5-6-8-11-14-12-9-7-10-13-14;1-3-4-5-6-12-9-7-11(2)8-10-12;1-3-4-2;1-2-3/h7,9-10,12-13H,2-6,8,11H2,1H3;7-10H,3-6H2,1-2H3;3-4H2,1-2H3;2-3H2,1H3. The summed E-state index contributed by atoms with van der Waals surface area (Å²) in [5.41, 5.74) is 9.17. The summed E-state index contributed by atoms with van der Waals surface area (Å²) in [6.07, 6.45) is 17.5. The molecule has 0 unspecified atom stereocenters. The Morgan fingerprint density at radius 3 is 1.36 bits per heavy atom. The van der Waals surface area contributed by atoms with Crippen LogP contribution in [0.2, 0.25) is 0 Å². The van der Waals surface area contributed by atoms with Gasteiger partial charge in [0.05, 0.1) is 0 Å². The molecule has 2 aromatic carbocycles. The van der Waals surface area contributed by atoms with Gasteiger partial charge < -0.3 is 5.73 Å². The first-order valence-electron chi connectivity index (χ1n) is 13.9. The van der Waals surface area contributed by atoms with Crippen molar-refractivity contribution in [2.24, 2.45) is 5.73 Å². The molecule has 0 fully saturated rings. The van der Waals surface area contributed by atoms with Gasteiger partial charge in [-0.3, -0.25) is 0 Å². The van der Waals surface area contributed by atoms with Crippen LogP contribution in [0.15, 0.2) is 54.6 Å². The van der Waals surface area contributed by atoms with E-state index in [1.807, 2.05) is 6.92 Å². The van der Waals surface area contributed by atoms with Gasteiger partial charge in [0.2, 0.25) is 0 Å². The molecule has 0 aromatic heterocycles. The van der Waals surface area contributed by atoms with Crippen LogP contribution < -0.4 is 5.73 Å². The van der Waals surface area contributed by atoms with Crippen LogP contribution in [0.4, 0.5) is 0 Å². The molecular formula is C32H57N. The Balaban J connectivity index is 0. The molecule has 2 rings (SSSR count). The van der Waals surface area contributed by atoms with E-state index in [9.17, 15) is 0 Å². The van der Waals surface area contributed by atoms with E-state index in [0.717, 1.165) is 6.54 Å². The topological polar surface area (TPSA) is 26.0 Å². The highest BCUT2D eigenvalue weighted by molar-refractivity contribution is 5.21. The summed E-state index contributed by atoms with van der Waals surface area (Å²) in [5.74, 6) is 0. The third kappa shape index (κ3) is 26.5. The molecule has 0 aliphatic heterocycles. The van der Waals surface area contributed by atoms with Gasteiger partial charge in [-0.15, -0.1) is 0 Å². The third-order valence-corrected chi connectivity index (χ3v) is 5.35. The van der Waals surface area contributed by atoms with Crippen LogP contribution in [-0.2, 0) is 12.8 Å². The van der Waals surface area contributed by atoms with Crippen molar-refractivity contribution in [3.63, 3.8) is 0 Å². The summed E-state index contributed by atoms with van der Waals surface area (Å²) in [6.45, 7) is 13.7. The second kappa shape index (κ2) is 28.4. The minimum absolute atomic E-state index is 0.750. The lowest BCUT2D eigenvalue weighted by molar-refractivity contribution is 0.607. The average Bonchev–Trinajstić information content (AvgIpc) is 2.84. The van der Waals surface area contributed by atoms with Gasteiger partial charge in [-0.05, 0) is 50.3 Å². The Morgan fingerprint density at radius 2 is 0.879 bits per heavy atom. The van der Waals surface area contributed by atoms with Crippen molar-refractivity contribution >= 4 is 0 Å². The largest absolute Gasteiger partial charge is 0.331 e. The number of nitrogens with two attached hydrogens (primary N) is 1. The molecule has 0 bridgehead atoms. The van der Waals surface area contributed by atoms with Gasteiger partial charge in [0.1, 0.15) is 0 Å². The van der Waals surface area contributed by atoms with Crippen LogP contribution in [0.25, 0.3) is 0 Å². The Kier molecular flexibility index (Phi) is 28.9. The molecule has 0 saturated heterocycles. The molecule has 1 heteroatoms. The molecule has 0 aliphatic carbocycles. The Morgan fingerprint density at radius 1 is 0.485 bits per heavy atom. The van der Waals surface area contributed by atoms with Crippen LogP contribution in [0.5, 0.6) is 0 Å². The highest BCUT2D eigenvalue weighted by Gasteiger charge is 1.93. The molecule has 0 atom stereocenters. The van der Waals surface area contributed by atoms with Crippen molar-refractivity contribution < 1.29 is 0 Å². The fraction of sp³-hybridized carbons (Fsp3) is 0.625. The van der Waals surface area contributed by atoms with Crippen molar-refractivity contribution in [3.8, 4) is 0 Å². The smallest absolute Gasteiger partial charge is 0.0106 e. The monoisotopic (exact) mass is 455 g/mol. The molecule has 0 amide bonds. The van der Waals surface area contributed by atoms with E-state index in [2.05, 4.69) is 89.2 Å². The number of unbranched alkanes of at least 4 members (excludes halogenated alkanes) is 8. The molecule has 0 heterocycles. The molecule has 0 aliphatic rings. The van der Waals surface area contributed by atoms with Gasteiger partial charge in [0, 0.05) is 0 Å². The summed E-state index contributed by atoms with van der Waals surface area (Å²) in [5, 5.41) is 0. The number of hydrogen-bond donors (Lipinski definition) is 1. The van der Waals surface area contributed by atoms with E-state index in [1.54, 1.807) is 0 Å². The lowest BCUT2D eigenvalue weighted by Gasteiger charge is -2.01. The molecule has 2 aromatic rings. The zero-order chi connectivity index (χ0) is 25.0. The lowest BCUT2D eigenvalue weighted by atomic mass is 10.1. The highest BCUT2D eigenvalue weighted by Crippen LogP contribution is 2.09. The quantitative estimate of drug-likeness (QED) is 0.316. The predicted molar refractivity (Wildman–Crippen MR) is 153 cm³/mol. The minimum atomic E-state index is 0.750. The minimum Gasteiger partial charge on any atom is -0.331 e. The Labute approximate surface area is 208 Å². The normalized spacial score (nSPS) is 9.55. The zero-order valence-corrected chi connectivity index (χ0v) is 23.2. The van der Waals surface area contributed by atoms with E-state index in [4.69, 9.17) is 5.73 Å². The number of benzene rings is 2. The first-order chi connectivity index (χ1) is 16.1. The van der Waals surface area contributed by atoms with Gasteiger partial charge in [-0.25, -0.2) is 0 Å². The molecule has 1 nitrogen and oxygen atoms in total. The second-order valence-electron chi connectivity index (χ2n) is 8.85. The van der Waals surface area contributed by atoms with Gasteiger partial charge in [-0.1, -0.05) is 153 Å². The third-order valence-electron chi connectivity index (χ3n) is 5.35. The molecule has 33 heavy (non-hydrogen) atoms. The summed E-state index contributed by atoms with van der Waals surface area (Å²) in [7, 11) is 0. The van der Waals surface area contributed by atoms with Gasteiger partial charge >= 0.3 is 0 Å². The highest BCUT2D eigenvalue weighted by atomic mass is 14.5. The number of rotatable bonds is 12. The van der Waals surface area contributed by atoms with Crippen LogP contribution in [0, 0.1) is 6.92 Å². The Hall–Kier alpha value is -1.60. The van der Waals surface area contributed by atoms with E-state index >= 15 is 0 Å². The number of aryl methyl sites for hydroxylation is 3. The fourth-order valence-electron chi connectivity index (χ4n) is 3.09. The summed E-state index contributed by atoms with van der Waals surface area (Å²) in [6, 6.07) is 19.7. The van der Waals surface area contributed by atoms with E-state index in [1.165, 1.54) is 100 Å². The van der Waals surface area contributed by atoms with Gasteiger partial charge in [0.25, 0.3) is 0 Å². The first-order valence-corrected chi connectivity index (χ1v) is 13.9.